The first kappa shape index (κ1) is 30.7. The summed E-state index contributed by atoms with van der Waals surface area (Å²) in [5.41, 5.74) is 0. The molecule has 0 spiro atoms. The van der Waals surface area contributed by atoms with Crippen molar-refractivity contribution in [2.24, 2.45) is 0 Å². The normalized spacial score (nSPS) is 11.4. The molecule has 0 atom stereocenters. The van der Waals surface area contributed by atoms with Crippen LogP contribution >= 0.6 is 11.3 Å². The molecule has 0 aliphatic rings. The minimum absolute atomic E-state index is 1.30. The lowest BCUT2D eigenvalue weighted by Crippen LogP contribution is -1.85. The fraction of sp³-hybridized carbons (Fsp3) is 0.875. The molecule has 194 valence electrons. The zero-order valence-corrected chi connectivity index (χ0v) is 23.5. The minimum Gasteiger partial charge on any atom is -0.149 e. The standard InChI is InChI=1S/C32H60S/c1-2-3-4-5-6-7-8-9-10-11-12-13-14-15-16-17-18-19-20-21-22-23-24-25-26-27-29-32-30-28-31-33-32/h28,30-31H,2-27,29H2,1H3. The van der Waals surface area contributed by atoms with E-state index in [9.17, 15) is 0 Å². The van der Waals surface area contributed by atoms with E-state index in [2.05, 4.69) is 24.4 Å². The topological polar surface area (TPSA) is 0 Å². The SMILES string of the molecule is CCCCCCCCCCCCCCCCCCCCCCCCCCCCc1cccs1. The molecule has 1 heterocycles. The van der Waals surface area contributed by atoms with Gasteiger partial charge >= 0.3 is 0 Å². The van der Waals surface area contributed by atoms with Gasteiger partial charge in [0.1, 0.15) is 0 Å². The smallest absolute Gasteiger partial charge is 0.00452 e. The van der Waals surface area contributed by atoms with E-state index in [1.807, 2.05) is 11.3 Å². The third-order valence-corrected chi connectivity index (χ3v) is 8.29. The van der Waals surface area contributed by atoms with Gasteiger partial charge in [-0.1, -0.05) is 174 Å². The highest BCUT2D eigenvalue weighted by molar-refractivity contribution is 7.09. The Morgan fingerprint density at radius 2 is 0.727 bits per heavy atom. The monoisotopic (exact) mass is 476 g/mol. The average Bonchev–Trinajstić information content (AvgIpc) is 3.35. The van der Waals surface area contributed by atoms with Crippen molar-refractivity contribution in [3.05, 3.63) is 22.4 Å². The van der Waals surface area contributed by atoms with Crippen molar-refractivity contribution in [2.75, 3.05) is 0 Å². The van der Waals surface area contributed by atoms with Crippen molar-refractivity contribution in [2.45, 2.75) is 180 Å². The van der Waals surface area contributed by atoms with Crippen molar-refractivity contribution >= 4 is 11.3 Å². The van der Waals surface area contributed by atoms with Crippen LogP contribution in [0.2, 0.25) is 0 Å². The van der Waals surface area contributed by atoms with Gasteiger partial charge in [0.2, 0.25) is 0 Å². The van der Waals surface area contributed by atoms with Crippen LogP contribution in [-0.2, 0) is 6.42 Å². The molecule has 0 aliphatic heterocycles. The number of hydrogen-bond donors (Lipinski definition) is 0. The van der Waals surface area contributed by atoms with E-state index >= 15 is 0 Å². The molecule has 0 aromatic carbocycles. The van der Waals surface area contributed by atoms with E-state index in [4.69, 9.17) is 0 Å². The lowest BCUT2D eigenvalue weighted by Gasteiger charge is -2.04. The van der Waals surface area contributed by atoms with Crippen LogP contribution in [0.5, 0.6) is 0 Å². The first-order valence-electron chi connectivity index (χ1n) is 15.5. The number of hydrogen-bond acceptors (Lipinski definition) is 1. The fourth-order valence-electron chi connectivity index (χ4n) is 5.07. The predicted molar refractivity (Wildman–Crippen MR) is 154 cm³/mol. The van der Waals surface area contributed by atoms with Crippen LogP contribution in [0.1, 0.15) is 179 Å². The summed E-state index contributed by atoms with van der Waals surface area (Å²) in [5, 5.41) is 2.20. The van der Waals surface area contributed by atoms with Gasteiger partial charge in [0.05, 0.1) is 0 Å². The maximum absolute atomic E-state index is 2.31. The molecule has 33 heavy (non-hydrogen) atoms. The van der Waals surface area contributed by atoms with Crippen LogP contribution in [0.25, 0.3) is 0 Å². The third kappa shape index (κ3) is 23.2. The average molecular weight is 477 g/mol. The van der Waals surface area contributed by atoms with E-state index in [0.29, 0.717) is 0 Å². The van der Waals surface area contributed by atoms with Crippen LogP contribution < -0.4 is 0 Å². The van der Waals surface area contributed by atoms with Crippen LogP contribution in [-0.4, -0.2) is 0 Å². The predicted octanol–water partition coefficient (Wildman–Crippen LogP) is 12.5. The van der Waals surface area contributed by atoms with Crippen molar-refractivity contribution in [1.82, 2.24) is 0 Å². The lowest BCUT2D eigenvalue weighted by molar-refractivity contribution is 0.515. The summed E-state index contributed by atoms with van der Waals surface area (Å²) >= 11 is 1.92. The summed E-state index contributed by atoms with van der Waals surface area (Å²) in [7, 11) is 0. The Morgan fingerprint density at radius 3 is 1.00 bits per heavy atom. The highest BCUT2D eigenvalue weighted by Crippen LogP contribution is 2.17. The van der Waals surface area contributed by atoms with Crippen molar-refractivity contribution < 1.29 is 0 Å². The molecule has 1 heteroatoms. The van der Waals surface area contributed by atoms with E-state index in [1.165, 1.54) is 173 Å². The molecule has 1 rings (SSSR count). The van der Waals surface area contributed by atoms with E-state index in [-0.39, 0.29) is 0 Å². The van der Waals surface area contributed by atoms with Gasteiger partial charge in [0.15, 0.2) is 0 Å². The van der Waals surface area contributed by atoms with Gasteiger partial charge in [0, 0.05) is 4.88 Å². The molecule has 1 aromatic heterocycles. The first-order valence-corrected chi connectivity index (χ1v) is 16.3. The first-order chi connectivity index (χ1) is 16.4. The number of unbranched alkanes of at least 4 members (excludes halogenated alkanes) is 25. The van der Waals surface area contributed by atoms with E-state index in [0.717, 1.165) is 0 Å². The molecule has 0 bridgehead atoms. The Bertz CT molecular complexity index is 449. The third-order valence-electron chi connectivity index (χ3n) is 7.36. The second kappa shape index (κ2) is 26.3. The Morgan fingerprint density at radius 1 is 0.424 bits per heavy atom. The minimum atomic E-state index is 1.30. The van der Waals surface area contributed by atoms with Crippen molar-refractivity contribution in [1.29, 1.82) is 0 Å². The quantitative estimate of drug-likeness (QED) is 0.111. The van der Waals surface area contributed by atoms with Gasteiger partial charge in [-0.2, -0.15) is 0 Å². The van der Waals surface area contributed by atoms with Gasteiger partial charge in [-0.05, 0) is 24.3 Å². The Labute approximate surface area is 213 Å². The van der Waals surface area contributed by atoms with Crippen LogP contribution in [0, 0.1) is 0 Å². The highest BCUT2D eigenvalue weighted by Gasteiger charge is 1.97. The van der Waals surface area contributed by atoms with Gasteiger partial charge < -0.3 is 0 Å². The van der Waals surface area contributed by atoms with E-state index in [1.54, 1.807) is 4.88 Å². The summed E-state index contributed by atoms with van der Waals surface area (Å²) in [6, 6.07) is 4.46. The molecule has 0 saturated carbocycles. The summed E-state index contributed by atoms with van der Waals surface area (Å²) in [6.45, 7) is 2.31. The molecule has 0 fully saturated rings. The van der Waals surface area contributed by atoms with Gasteiger partial charge in [-0.15, -0.1) is 11.3 Å². The number of rotatable bonds is 27. The maximum atomic E-state index is 2.31. The number of thiophene rings is 1. The largest absolute Gasteiger partial charge is 0.149 e. The molecule has 0 aliphatic carbocycles. The molecular formula is C32H60S. The molecule has 0 N–H and O–H groups in total. The lowest BCUT2D eigenvalue weighted by atomic mass is 10.0. The summed E-state index contributed by atoms with van der Waals surface area (Å²) in [4.78, 5) is 1.57. The molecule has 0 nitrogen and oxygen atoms in total. The highest BCUT2D eigenvalue weighted by atomic mass is 32.1. The number of aryl methyl sites for hydroxylation is 1. The Balaban J connectivity index is 1.62. The molecule has 1 aromatic rings. The van der Waals surface area contributed by atoms with Gasteiger partial charge in [0.25, 0.3) is 0 Å². The van der Waals surface area contributed by atoms with E-state index < -0.39 is 0 Å². The zero-order valence-electron chi connectivity index (χ0n) is 22.7. The van der Waals surface area contributed by atoms with Crippen molar-refractivity contribution in [3.8, 4) is 0 Å². The fourth-order valence-corrected chi connectivity index (χ4v) is 5.82. The second-order valence-electron chi connectivity index (χ2n) is 10.7. The summed E-state index contributed by atoms with van der Waals surface area (Å²) < 4.78 is 0. The Hall–Kier alpha value is -0.300. The van der Waals surface area contributed by atoms with Gasteiger partial charge in [-0.3, -0.25) is 0 Å². The second-order valence-corrected chi connectivity index (χ2v) is 11.7. The van der Waals surface area contributed by atoms with Gasteiger partial charge in [-0.25, -0.2) is 0 Å². The molecule has 0 saturated heterocycles. The van der Waals surface area contributed by atoms with Crippen LogP contribution in [0.15, 0.2) is 17.5 Å². The molecule has 0 amide bonds. The molecular weight excluding hydrogens is 416 g/mol. The van der Waals surface area contributed by atoms with Crippen LogP contribution in [0.4, 0.5) is 0 Å². The van der Waals surface area contributed by atoms with Crippen molar-refractivity contribution in [3.63, 3.8) is 0 Å². The summed E-state index contributed by atoms with van der Waals surface area (Å²) in [6.07, 6.45) is 39.5. The molecule has 0 unspecified atom stereocenters. The zero-order chi connectivity index (χ0) is 23.5. The molecule has 0 radical (unpaired) electrons. The van der Waals surface area contributed by atoms with Crippen LogP contribution in [0.3, 0.4) is 0 Å². The maximum Gasteiger partial charge on any atom is 0.00452 e. The Kier molecular flexibility index (Phi) is 24.5. The summed E-state index contributed by atoms with van der Waals surface area (Å²) in [5.74, 6) is 0.